The average molecular weight is 299 g/mol. The fourth-order valence-electron chi connectivity index (χ4n) is 2.56. The zero-order valence-corrected chi connectivity index (χ0v) is 12.4. The Balaban J connectivity index is 2.32. The molecule has 0 atom stereocenters. The number of nitrogens with zero attached hydrogens (tertiary/aromatic N) is 2. The second-order valence-corrected chi connectivity index (χ2v) is 5.36. The van der Waals surface area contributed by atoms with Crippen LogP contribution >= 0.6 is 11.6 Å². The van der Waals surface area contributed by atoms with Crippen LogP contribution in [0.2, 0.25) is 5.02 Å². The monoisotopic (exact) mass is 298 g/mol. The smallest absolute Gasteiger partial charge is 0.115 e. The van der Waals surface area contributed by atoms with Crippen LogP contribution in [-0.2, 0) is 6.54 Å². The molecule has 0 saturated carbocycles. The Hall–Kier alpha value is -2.26. The van der Waals surface area contributed by atoms with Gasteiger partial charge >= 0.3 is 0 Å². The van der Waals surface area contributed by atoms with Crippen LogP contribution in [0.3, 0.4) is 0 Å². The van der Waals surface area contributed by atoms with E-state index in [0.29, 0.717) is 11.6 Å². The summed E-state index contributed by atoms with van der Waals surface area (Å²) < 4.78 is 1.85. The minimum atomic E-state index is 0.254. The van der Waals surface area contributed by atoms with Crippen LogP contribution < -0.4 is 0 Å². The lowest BCUT2D eigenvalue weighted by atomic mass is 10.0. The summed E-state index contributed by atoms with van der Waals surface area (Å²) in [7, 11) is 0. The summed E-state index contributed by atoms with van der Waals surface area (Å²) in [5.74, 6) is 0.254. The molecule has 0 unspecified atom stereocenters. The predicted molar refractivity (Wildman–Crippen MR) is 86.8 cm³/mol. The molecule has 4 heteroatoms. The van der Waals surface area contributed by atoms with Gasteiger partial charge in [-0.1, -0.05) is 29.8 Å². The number of para-hydroxylation sites is 1. The van der Waals surface area contributed by atoms with Crippen LogP contribution in [0, 0.1) is 6.92 Å². The summed E-state index contributed by atoms with van der Waals surface area (Å²) in [6.07, 6.45) is 1.79. The van der Waals surface area contributed by atoms with E-state index >= 15 is 0 Å². The van der Waals surface area contributed by atoms with E-state index in [4.69, 9.17) is 11.6 Å². The number of hydrogen-bond donors (Lipinski definition) is 1. The maximum atomic E-state index is 9.57. The number of aryl methyl sites for hydroxylation is 1. The molecule has 1 aromatic heterocycles. The van der Waals surface area contributed by atoms with Gasteiger partial charge in [0, 0.05) is 10.9 Å². The molecule has 0 aliphatic rings. The summed E-state index contributed by atoms with van der Waals surface area (Å²) in [5.41, 5.74) is 3.73. The number of phenols is 1. The van der Waals surface area contributed by atoms with Crippen molar-refractivity contribution >= 4 is 22.5 Å². The zero-order valence-electron chi connectivity index (χ0n) is 11.7. The Morgan fingerprint density at radius 2 is 2.14 bits per heavy atom. The van der Waals surface area contributed by atoms with Gasteiger partial charge in [-0.3, -0.25) is 4.68 Å². The molecule has 0 fully saturated rings. The number of aromatic hydroxyl groups is 1. The number of phenolic OH excluding ortho intramolecular Hbond substituents is 1. The minimum Gasteiger partial charge on any atom is -0.508 e. The highest BCUT2D eigenvalue weighted by molar-refractivity contribution is 6.35. The van der Waals surface area contributed by atoms with Crippen molar-refractivity contribution in [1.29, 1.82) is 0 Å². The minimum absolute atomic E-state index is 0.254. The molecule has 21 heavy (non-hydrogen) atoms. The van der Waals surface area contributed by atoms with Crippen molar-refractivity contribution in [3.63, 3.8) is 0 Å². The van der Waals surface area contributed by atoms with Crippen LogP contribution in [0.4, 0.5) is 0 Å². The average Bonchev–Trinajstić information content (AvgIpc) is 2.79. The van der Waals surface area contributed by atoms with E-state index in [9.17, 15) is 5.11 Å². The highest BCUT2D eigenvalue weighted by Crippen LogP contribution is 2.34. The fourth-order valence-corrected chi connectivity index (χ4v) is 2.83. The topological polar surface area (TPSA) is 38.0 Å². The van der Waals surface area contributed by atoms with Gasteiger partial charge in [-0.25, -0.2) is 0 Å². The van der Waals surface area contributed by atoms with Gasteiger partial charge in [-0.05, 0) is 36.8 Å². The number of halogens is 1. The Labute approximate surface area is 128 Å². The van der Waals surface area contributed by atoms with E-state index in [1.807, 2.05) is 35.9 Å². The van der Waals surface area contributed by atoms with Crippen molar-refractivity contribution in [3.05, 3.63) is 59.6 Å². The summed E-state index contributed by atoms with van der Waals surface area (Å²) in [6.45, 7) is 6.32. The first-order chi connectivity index (χ1) is 10.1. The third-order valence-electron chi connectivity index (χ3n) is 3.49. The quantitative estimate of drug-likeness (QED) is 0.720. The molecule has 0 spiro atoms. The SMILES string of the molecule is C=CCn1nc(-c2ccc(O)cc2C)c2cccc(Cl)c21. The molecular weight excluding hydrogens is 284 g/mol. The number of benzene rings is 2. The lowest BCUT2D eigenvalue weighted by Gasteiger charge is -2.03. The van der Waals surface area contributed by atoms with Gasteiger partial charge < -0.3 is 5.11 Å². The van der Waals surface area contributed by atoms with Crippen molar-refractivity contribution in [2.75, 3.05) is 0 Å². The van der Waals surface area contributed by atoms with E-state index in [1.165, 1.54) is 0 Å². The van der Waals surface area contributed by atoms with Gasteiger partial charge in [0.15, 0.2) is 0 Å². The molecule has 0 amide bonds. The Morgan fingerprint density at radius 3 is 2.86 bits per heavy atom. The van der Waals surface area contributed by atoms with Crippen LogP contribution in [-0.4, -0.2) is 14.9 Å². The Morgan fingerprint density at radius 1 is 1.33 bits per heavy atom. The number of allylic oxidation sites excluding steroid dienone is 1. The van der Waals surface area contributed by atoms with E-state index in [-0.39, 0.29) is 5.75 Å². The molecule has 0 aliphatic carbocycles. The van der Waals surface area contributed by atoms with E-state index in [2.05, 4.69) is 11.7 Å². The molecule has 3 aromatic rings. The molecule has 0 bridgehead atoms. The number of fused-ring (bicyclic) bond motifs is 1. The van der Waals surface area contributed by atoms with Crippen molar-refractivity contribution in [1.82, 2.24) is 9.78 Å². The molecule has 3 rings (SSSR count). The van der Waals surface area contributed by atoms with E-state index < -0.39 is 0 Å². The Bertz CT molecular complexity index is 836. The molecule has 0 saturated heterocycles. The van der Waals surface area contributed by atoms with Crippen LogP contribution in [0.1, 0.15) is 5.56 Å². The first-order valence-corrected chi connectivity index (χ1v) is 7.05. The largest absolute Gasteiger partial charge is 0.508 e. The van der Waals surface area contributed by atoms with Gasteiger partial charge in [0.05, 0.1) is 17.1 Å². The van der Waals surface area contributed by atoms with Gasteiger partial charge in [0.2, 0.25) is 0 Å². The van der Waals surface area contributed by atoms with E-state index in [1.54, 1.807) is 18.2 Å². The highest BCUT2D eigenvalue weighted by atomic mass is 35.5. The van der Waals surface area contributed by atoms with Crippen LogP contribution in [0.25, 0.3) is 22.2 Å². The van der Waals surface area contributed by atoms with Gasteiger partial charge in [0.25, 0.3) is 0 Å². The standard InChI is InChI=1S/C17H15ClN2O/c1-3-9-20-17-14(5-4-6-15(17)18)16(19-20)13-8-7-12(21)10-11(13)2/h3-8,10,21H,1,9H2,2H3. The predicted octanol–water partition coefficient (Wildman–Crippen LogP) is 4.56. The van der Waals surface area contributed by atoms with Gasteiger partial charge in [-0.2, -0.15) is 5.10 Å². The van der Waals surface area contributed by atoms with Crippen molar-refractivity contribution in [3.8, 4) is 17.0 Å². The fraction of sp³-hybridized carbons (Fsp3) is 0.118. The normalized spacial score (nSPS) is 11.0. The van der Waals surface area contributed by atoms with Crippen LogP contribution in [0.5, 0.6) is 5.75 Å². The first kappa shape index (κ1) is 13.7. The van der Waals surface area contributed by atoms with Crippen molar-refractivity contribution < 1.29 is 5.11 Å². The molecule has 106 valence electrons. The lowest BCUT2D eigenvalue weighted by Crippen LogP contribution is -1.97. The number of hydrogen-bond acceptors (Lipinski definition) is 2. The second kappa shape index (κ2) is 5.26. The molecule has 0 aliphatic heterocycles. The maximum Gasteiger partial charge on any atom is 0.115 e. The maximum absolute atomic E-state index is 9.57. The van der Waals surface area contributed by atoms with Crippen molar-refractivity contribution in [2.45, 2.75) is 13.5 Å². The summed E-state index contributed by atoms with van der Waals surface area (Å²) in [5, 5.41) is 15.9. The van der Waals surface area contributed by atoms with E-state index in [0.717, 1.165) is 27.7 Å². The molecular formula is C17H15ClN2O. The van der Waals surface area contributed by atoms with Gasteiger partial charge in [0.1, 0.15) is 11.4 Å². The molecule has 0 radical (unpaired) electrons. The molecule has 1 heterocycles. The molecule has 3 nitrogen and oxygen atoms in total. The lowest BCUT2D eigenvalue weighted by molar-refractivity contribution is 0.475. The third-order valence-corrected chi connectivity index (χ3v) is 3.79. The third kappa shape index (κ3) is 2.30. The summed E-state index contributed by atoms with van der Waals surface area (Å²) >= 11 is 6.33. The van der Waals surface area contributed by atoms with Crippen molar-refractivity contribution in [2.24, 2.45) is 0 Å². The number of rotatable bonds is 3. The Kier molecular flexibility index (Phi) is 3.43. The summed E-state index contributed by atoms with van der Waals surface area (Å²) in [6, 6.07) is 11.1. The van der Waals surface area contributed by atoms with Gasteiger partial charge in [-0.15, -0.1) is 6.58 Å². The summed E-state index contributed by atoms with van der Waals surface area (Å²) in [4.78, 5) is 0. The molecule has 2 aromatic carbocycles. The second-order valence-electron chi connectivity index (χ2n) is 4.95. The first-order valence-electron chi connectivity index (χ1n) is 6.67. The highest BCUT2D eigenvalue weighted by Gasteiger charge is 2.15. The molecule has 1 N–H and O–H groups in total. The number of aromatic nitrogens is 2. The zero-order chi connectivity index (χ0) is 15.0. The van der Waals surface area contributed by atoms with Crippen LogP contribution in [0.15, 0.2) is 49.1 Å².